The van der Waals surface area contributed by atoms with Crippen LogP contribution >= 0.6 is 15.9 Å². The van der Waals surface area contributed by atoms with E-state index in [0.717, 1.165) is 23.0 Å². The molecular formula is C17H18BrN3O3. The van der Waals surface area contributed by atoms with Crippen molar-refractivity contribution >= 4 is 27.8 Å². The first-order valence-corrected chi connectivity index (χ1v) is 8.58. The summed E-state index contributed by atoms with van der Waals surface area (Å²) in [6.45, 7) is 1.83. The minimum atomic E-state index is -0.895. The summed E-state index contributed by atoms with van der Waals surface area (Å²) in [5.74, 6) is -1.70. The number of aliphatic carboxylic acids is 1. The predicted molar refractivity (Wildman–Crippen MR) is 92.1 cm³/mol. The largest absolute Gasteiger partial charge is 0.481 e. The van der Waals surface area contributed by atoms with Gasteiger partial charge in [0.05, 0.1) is 5.92 Å². The Hall–Kier alpha value is -2.15. The van der Waals surface area contributed by atoms with Crippen molar-refractivity contribution < 1.29 is 14.7 Å². The van der Waals surface area contributed by atoms with E-state index >= 15 is 0 Å². The fourth-order valence-corrected chi connectivity index (χ4v) is 2.76. The summed E-state index contributed by atoms with van der Waals surface area (Å²) in [6, 6.07) is 7.82. The summed E-state index contributed by atoms with van der Waals surface area (Å²) >= 11 is 3.39. The Bertz CT molecular complexity index is 753. The van der Waals surface area contributed by atoms with Gasteiger partial charge in [-0.2, -0.15) is 0 Å². The van der Waals surface area contributed by atoms with Crippen LogP contribution in [0.3, 0.4) is 0 Å². The van der Waals surface area contributed by atoms with Gasteiger partial charge in [-0.25, -0.2) is 4.98 Å². The van der Waals surface area contributed by atoms with Crippen molar-refractivity contribution in [2.24, 2.45) is 5.92 Å². The molecule has 6 nitrogen and oxygen atoms in total. The van der Waals surface area contributed by atoms with Crippen LogP contribution in [0.5, 0.6) is 0 Å². The van der Waals surface area contributed by atoms with Gasteiger partial charge in [0.2, 0.25) is 0 Å². The molecule has 2 aromatic rings. The third-order valence-corrected chi connectivity index (χ3v) is 4.60. The highest BCUT2D eigenvalue weighted by Crippen LogP contribution is 2.29. The molecule has 1 heterocycles. The second kappa shape index (κ2) is 6.76. The van der Waals surface area contributed by atoms with Crippen LogP contribution in [0.2, 0.25) is 0 Å². The normalized spacial score (nSPS) is 15.1. The lowest BCUT2D eigenvalue weighted by Gasteiger charge is -2.23. The number of carboxylic acids is 1. The van der Waals surface area contributed by atoms with E-state index in [0.29, 0.717) is 5.69 Å². The van der Waals surface area contributed by atoms with Gasteiger partial charge in [0.1, 0.15) is 12.0 Å². The standard InChI is InChI=1S/C17H18BrN3O3/c1-11(17(23)24)8-21(14-6-7-14)16(22)15-9-20(10-19-15)13-4-2-12(18)3-5-13/h2-5,9-11,14H,6-8H2,1H3,(H,23,24). The Morgan fingerprint density at radius 2 is 2.04 bits per heavy atom. The summed E-state index contributed by atoms with van der Waals surface area (Å²) in [7, 11) is 0. The molecule has 1 aromatic heterocycles. The maximum absolute atomic E-state index is 12.7. The van der Waals surface area contributed by atoms with Crippen molar-refractivity contribution in [2.45, 2.75) is 25.8 Å². The molecule has 24 heavy (non-hydrogen) atoms. The molecule has 0 aliphatic heterocycles. The number of imidazole rings is 1. The van der Waals surface area contributed by atoms with Crippen LogP contribution in [-0.2, 0) is 4.79 Å². The van der Waals surface area contributed by atoms with Gasteiger partial charge in [0, 0.05) is 28.9 Å². The molecule has 0 radical (unpaired) electrons. The summed E-state index contributed by atoms with van der Waals surface area (Å²) in [5, 5.41) is 9.10. The zero-order chi connectivity index (χ0) is 17.3. The maximum Gasteiger partial charge on any atom is 0.308 e. The van der Waals surface area contributed by atoms with E-state index in [4.69, 9.17) is 5.11 Å². The zero-order valence-electron chi connectivity index (χ0n) is 13.2. The van der Waals surface area contributed by atoms with Gasteiger partial charge in [0.25, 0.3) is 5.91 Å². The Morgan fingerprint density at radius 3 is 2.62 bits per heavy atom. The van der Waals surface area contributed by atoms with E-state index in [1.54, 1.807) is 28.9 Å². The highest BCUT2D eigenvalue weighted by molar-refractivity contribution is 9.10. The molecule has 0 spiro atoms. The van der Waals surface area contributed by atoms with E-state index in [1.165, 1.54) is 0 Å². The lowest BCUT2D eigenvalue weighted by atomic mass is 10.1. The number of amides is 1. The number of aromatic nitrogens is 2. The molecule has 0 saturated heterocycles. The summed E-state index contributed by atoms with van der Waals surface area (Å²) in [4.78, 5) is 29.7. The van der Waals surface area contributed by atoms with Crippen molar-refractivity contribution in [3.05, 3.63) is 47.0 Å². The fraction of sp³-hybridized carbons (Fsp3) is 0.353. The van der Waals surface area contributed by atoms with Crippen LogP contribution in [0.25, 0.3) is 5.69 Å². The van der Waals surface area contributed by atoms with E-state index in [9.17, 15) is 9.59 Å². The van der Waals surface area contributed by atoms with Crippen LogP contribution in [0.1, 0.15) is 30.3 Å². The van der Waals surface area contributed by atoms with Gasteiger partial charge in [-0.1, -0.05) is 22.9 Å². The van der Waals surface area contributed by atoms with Crippen molar-refractivity contribution in [1.29, 1.82) is 0 Å². The fourth-order valence-electron chi connectivity index (χ4n) is 2.49. The molecule has 1 atom stereocenters. The van der Waals surface area contributed by atoms with Crippen LogP contribution in [-0.4, -0.2) is 44.0 Å². The molecule has 1 aliphatic carbocycles. The van der Waals surface area contributed by atoms with Crippen LogP contribution in [0.4, 0.5) is 0 Å². The number of carboxylic acid groups (broad SMARTS) is 1. The van der Waals surface area contributed by atoms with E-state index in [1.807, 2.05) is 24.3 Å². The molecule has 126 valence electrons. The van der Waals surface area contributed by atoms with Gasteiger partial charge in [0.15, 0.2) is 0 Å². The predicted octanol–water partition coefficient (Wildman–Crippen LogP) is 2.96. The third-order valence-electron chi connectivity index (χ3n) is 4.07. The van der Waals surface area contributed by atoms with Gasteiger partial charge in [-0.05, 0) is 37.1 Å². The summed E-state index contributed by atoms with van der Waals surface area (Å²) < 4.78 is 2.76. The average molecular weight is 392 g/mol. The number of carbonyl (C=O) groups is 2. The number of halogens is 1. The Labute approximate surface area is 148 Å². The molecule has 1 aromatic carbocycles. The summed E-state index contributed by atoms with van der Waals surface area (Å²) in [5.41, 5.74) is 1.24. The third kappa shape index (κ3) is 3.67. The molecule has 1 N–H and O–H groups in total. The number of rotatable bonds is 6. The number of hydrogen-bond donors (Lipinski definition) is 1. The Kier molecular flexibility index (Phi) is 4.71. The van der Waals surface area contributed by atoms with E-state index < -0.39 is 11.9 Å². The Morgan fingerprint density at radius 1 is 1.38 bits per heavy atom. The molecule has 1 saturated carbocycles. The lowest BCUT2D eigenvalue weighted by molar-refractivity contribution is -0.141. The molecule has 1 amide bonds. The van der Waals surface area contributed by atoms with Crippen molar-refractivity contribution in [3.8, 4) is 5.69 Å². The first kappa shape index (κ1) is 16.7. The van der Waals surface area contributed by atoms with Gasteiger partial charge < -0.3 is 14.6 Å². The quantitative estimate of drug-likeness (QED) is 0.820. The topological polar surface area (TPSA) is 75.4 Å². The first-order valence-electron chi connectivity index (χ1n) is 7.79. The van der Waals surface area contributed by atoms with E-state index in [2.05, 4.69) is 20.9 Å². The molecule has 1 fully saturated rings. The molecular weight excluding hydrogens is 374 g/mol. The molecule has 1 aliphatic rings. The number of benzene rings is 1. The smallest absolute Gasteiger partial charge is 0.308 e. The van der Waals surface area contributed by atoms with Gasteiger partial charge in [-0.15, -0.1) is 0 Å². The first-order chi connectivity index (χ1) is 11.5. The molecule has 7 heteroatoms. The van der Waals surface area contributed by atoms with Gasteiger partial charge in [-0.3, -0.25) is 9.59 Å². The highest BCUT2D eigenvalue weighted by atomic mass is 79.9. The average Bonchev–Trinajstić information content (AvgIpc) is 3.28. The monoisotopic (exact) mass is 391 g/mol. The highest BCUT2D eigenvalue weighted by Gasteiger charge is 2.35. The number of hydrogen-bond acceptors (Lipinski definition) is 3. The Balaban J connectivity index is 1.78. The van der Waals surface area contributed by atoms with Crippen LogP contribution in [0, 0.1) is 5.92 Å². The van der Waals surface area contributed by atoms with Crippen molar-refractivity contribution in [3.63, 3.8) is 0 Å². The minimum Gasteiger partial charge on any atom is -0.481 e. The van der Waals surface area contributed by atoms with Crippen molar-refractivity contribution in [1.82, 2.24) is 14.5 Å². The van der Waals surface area contributed by atoms with Gasteiger partial charge >= 0.3 is 5.97 Å². The second-order valence-corrected chi connectivity index (χ2v) is 6.99. The zero-order valence-corrected chi connectivity index (χ0v) is 14.8. The molecule has 0 bridgehead atoms. The van der Waals surface area contributed by atoms with Crippen LogP contribution in [0.15, 0.2) is 41.3 Å². The minimum absolute atomic E-state index is 0.136. The van der Waals surface area contributed by atoms with Crippen LogP contribution < -0.4 is 0 Å². The van der Waals surface area contributed by atoms with E-state index in [-0.39, 0.29) is 18.5 Å². The second-order valence-electron chi connectivity index (χ2n) is 6.07. The van der Waals surface area contributed by atoms with Crippen molar-refractivity contribution in [2.75, 3.05) is 6.54 Å². The lowest BCUT2D eigenvalue weighted by Crippen LogP contribution is -2.38. The SMILES string of the molecule is CC(CN(C(=O)c1cn(-c2ccc(Br)cc2)cn1)C1CC1)C(=O)O. The number of carbonyl (C=O) groups excluding carboxylic acids is 1. The molecule has 1 unspecified atom stereocenters. The molecule has 3 rings (SSSR count). The maximum atomic E-state index is 12.7. The number of nitrogens with zero attached hydrogens (tertiary/aromatic N) is 3. The summed E-state index contributed by atoms with van der Waals surface area (Å²) in [6.07, 6.45) is 5.13.